The van der Waals surface area contributed by atoms with Crippen molar-refractivity contribution in [2.24, 2.45) is 29.1 Å². The van der Waals surface area contributed by atoms with E-state index in [1.807, 2.05) is 6.08 Å². The van der Waals surface area contributed by atoms with E-state index >= 15 is 0 Å². The number of fused-ring (bicyclic) bond motifs is 7. The lowest BCUT2D eigenvalue weighted by Gasteiger charge is -2.44. The van der Waals surface area contributed by atoms with Gasteiger partial charge in [0.05, 0.1) is 0 Å². The van der Waals surface area contributed by atoms with Crippen LogP contribution in [0.15, 0.2) is 46.6 Å². The van der Waals surface area contributed by atoms with Crippen LogP contribution in [-0.4, -0.2) is 5.78 Å². The third-order valence-electron chi connectivity index (χ3n) is 6.80. The Morgan fingerprint density at radius 1 is 1.24 bits per heavy atom. The molecule has 0 aromatic carbocycles. The molecule has 0 heterocycles. The van der Waals surface area contributed by atoms with Crippen LogP contribution in [0.2, 0.25) is 0 Å². The quantitative estimate of drug-likeness (QED) is 0.642. The van der Waals surface area contributed by atoms with Crippen LogP contribution in [0.3, 0.4) is 0 Å². The van der Waals surface area contributed by atoms with E-state index in [0.717, 1.165) is 17.8 Å². The van der Waals surface area contributed by atoms with Crippen LogP contribution in [0.25, 0.3) is 0 Å². The van der Waals surface area contributed by atoms with E-state index in [-0.39, 0.29) is 11.2 Å². The fourth-order valence-electron chi connectivity index (χ4n) is 5.59. The van der Waals surface area contributed by atoms with E-state index in [4.69, 9.17) is 0 Å². The second kappa shape index (κ2) is 3.69. The number of hydrogen-bond donors (Lipinski definition) is 0. The van der Waals surface area contributed by atoms with Crippen molar-refractivity contribution in [2.45, 2.75) is 39.5 Å². The van der Waals surface area contributed by atoms with Crippen molar-refractivity contribution in [1.82, 2.24) is 0 Å². The number of allylic oxidation sites excluding steroid dienone is 8. The van der Waals surface area contributed by atoms with Gasteiger partial charge in [0.2, 0.25) is 0 Å². The molecule has 0 amide bonds. The summed E-state index contributed by atoms with van der Waals surface area (Å²) in [7, 11) is 0. The van der Waals surface area contributed by atoms with E-state index in [9.17, 15) is 4.79 Å². The van der Waals surface area contributed by atoms with Crippen molar-refractivity contribution >= 4 is 5.78 Å². The molecule has 0 bridgehead atoms. The Balaban J connectivity index is 1.71. The lowest BCUT2D eigenvalue weighted by molar-refractivity contribution is -0.110. The minimum atomic E-state index is 0.0402. The van der Waals surface area contributed by atoms with Gasteiger partial charge in [-0.15, -0.1) is 0 Å². The molecule has 1 heteroatoms. The Morgan fingerprint density at radius 3 is 2.95 bits per heavy atom. The van der Waals surface area contributed by atoms with Gasteiger partial charge in [0, 0.05) is 5.41 Å². The maximum atomic E-state index is 11.8. The van der Waals surface area contributed by atoms with Gasteiger partial charge in [-0.05, 0) is 85.2 Å². The highest BCUT2D eigenvalue weighted by molar-refractivity contribution is 6.01. The molecular weight excluding hydrogens is 256 g/mol. The van der Waals surface area contributed by atoms with Gasteiger partial charge in [-0.2, -0.15) is 0 Å². The fraction of sp³-hybridized carbons (Fsp3) is 0.550. The molecule has 0 saturated heterocycles. The van der Waals surface area contributed by atoms with Gasteiger partial charge in [-0.3, -0.25) is 4.79 Å². The van der Waals surface area contributed by atoms with Crippen molar-refractivity contribution in [3.05, 3.63) is 46.6 Å². The minimum Gasteiger partial charge on any atom is -0.290 e. The predicted molar refractivity (Wildman–Crippen MR) is 83.5 cm³/mol. The van der Waals surface area contributed by atoms with Crippen LogP contribution < -0.4 is 0 Å². The molecule has 108 valence electrons. The van der Waals surface area contributed by atoms with Gasteiger partial charge in [0.15, 0.2) is 5.78 Å². The maximum Gasteiger partial charge on any atom is 0.178 e. The van der Waals surface area contributed by atoms with Gasteiger partial charge < -0.3 is 0 Å². The lowest BCUT2D eigenvalue weighted by Crippen LogP contribution is -2.33. The molecule has 1 nitrogen and oxygen atoms in total. The van der Waals surface area contributed by atoms with Gasteiger partial charge in [-0.25, -0.2) is 0 Å². The van der Waals surface area contributed by atoms with Gasteiger partial charge in [-0.1, -0.05) is 24.6 Å². The molecule has 0 aromatic rings. The molecule has 1 saturated carbocycles. The maximum absolute atomic E-state index is 11.8. The van der Waals surface area contributed by atoms with Crippen LogP contribution in [0.4, 0.5) is 0 Å². The summed E-state index contributed by atoms with van der Waals surface area (Å²) in [6.45, 7) is 4.77. The average Bonchev–Trinajstić information content (AvgIpc) is 3.18. The summed E-state index contributed by atoms with van der Waals surface area (Å²) in [6.07, 6.45) is 13.6. The first-order chi connectivity index (χ1) is 10.1. The molecule has 0 spiro atoms. The van der Waals surface area contributed by atoms with Crippen LogP contribution in [0.1, 0.15) is 39.5 Å². The Hall–Kier alpha value is -1.37. The Morgan fingerprint density at radius 2 is 2.10 bits per heavy atom. The highest BCUT2D eigenvalue weighted by Crippen LogP contribution is 2.67. The monoisotopic (exact) mass is 278 g/mol. The Kier molecular flexibility index (Phi) is 2.14. The van der Waals surface area contributed by atoms with E-state index in [2.05, 4.69) is 26.0 Å². The van der Waals surface area contributed by atoms with Crippen LogP contribution in [0.5, 0.6) is 0 Å². The molecule has 5 aliphatic carbocycles. The smallest absolute Gasteiger partial charge is 0.178 e. The highest BCUT2D eigenvalue weighted by Gasteiger charge is 2.57. The summed E-state index contributed by atoms with van der Waals surface area (Å²) in [5.41, 5.74) is 6.52. The van der Waals surface area contributed by atoms with Crippen molar-refractivity contribution in [2.75, 3.05) is 0 Å². The molecule has 0 N–H and O–H groups in total. The topological polar surface area (TPSA) is 17.1 Å². The van der Waals surface area contributed by atoms with Gasteiger partial charge >= 0.3 is 0 Å². The standard InChI is InChI=1S/C20H22O/c1-11-3-4-14-13(11)5-6-17-19(14)16-10-15(16)18-9-12(21)7-8-20(17,18)2/h4,7-9,11,13,15-16H,3,5-6,10H2,1-2H3. The summed E-state index contributed by atoms with van der Waals surface area (Å²) in [6, 6.07) is 0. The molecule has 0 aliphatic heterocycles. The van der Waals surface area contributed by atoms with E-state index < -0.39 is 0 Å². The van der Waals surface area contributed by atoms with Crippen molar-refractivity contribution in [3.63, 3.8) is 0 Å². The van der Waals surface area contributed by atoms with Crippen LogP contribution in [-0.2, 0) is 4.79 Å². The Labute approximate surface area is 126 Å². The molecule has 5 rings (SSSR count). The SMILES string of the molecule is CC1CC=C2C3=C(CCC21)C1(C)C=CC(=O)C=C1C1CC31. The third-order valence-corrected chi connectivity index (χ3v) is 6.80. The minimum absolute atomic E-state index is 0.0402. The average molecular weight is 278 g/mol. The van der Waals surface area contributed by atoms with E-state index in [0.29, 0.717) is 5.92 Å². The predicted octanol–water partition coefficient (Wildman–Crippen LogP) is 4.38. The molecule has 5 unspecified atom stereocenters. The zero-order valence-electron chi connectivity index (χ0n) is 12.9. The number of ketones is 1. The second-order valence-electron chi connectivity index (χ2n) is 7.90. The molecular formula is C20H22O. The van der Waals surface area contributed by atoms with Gasteiger partial charge in [0.1, 0.15) is 0 Å². The zero-order chi connectivity index (χ0) is 14.4. The number of carbonyl (C=O) groups excluding carboxylic acids is 1. The van der Waals surface area contributed by atoms with Crippen molar-refractivity contribution < 1.29 is 4.79 Å². The number of rotatable bonds is 0. The largest absolute Gasteiger partial charge is 0.290 e. The normalized spacial score (nSPS) is 46.3. The van der Waals surface area contributed by atoms with Crippen LogP contribution in [0, 0.1) is 29.1 Å². The summed E-state index contributed by atoms with van der Waals surface area (Å²) in [4.78, 5) is 11.8. The molecule has 1 fully saturated rings. The van der Waals surface area contributed by atoms with E-state index in [1.54, 1.807) is 22.8 Å². The molecule has 5 aliphatic rings. The van der Waals surface area contributed by atoms with Gasteiger partial charge in [0.25, 0.3) is 0 Å². The van der Waals surface area contributed by atoms with Crippen molar-refractivity contribution in [1.29, 1.82) is 0 Å². The van der Waals surface area contributed by atoms with Crippen LogP contribution >= 0.6 is 0 Å². The van der Waals surface area contributed by atoms with E-state index in [1.165, 1.54) is 31.3 Å². The first kappa shape index (κ1) is 12.2. The Bertz CT molecular complexity index is 687. The summed E-state index contributed by atoms with van der Waals surface area (Å²) in [5.74, 6) is 3.23. The fourth-order valence-corrected chi connectivity index (χ4v) is 5.59. The molecule has 0 radical (unpaired) electrons. The number of hydrogen-bond acceptors (Lipinski definition) is 1. The lowest BCUT2D eigenvalue weighted by atomic mass is 9.60. The molecule has 5 atom stereocenters. The summed E-state index contributed by atoms with van der Waals surface area (Å²) < 4.78 is 0. The second-order valence-corrected chi connectivity index (χ2v) is 7.90. The zero-order valence-corrected chi connectivity index (χ0v) is 12.9. The molecule has 21 heavy (non-hydrogen) atoms. The third kappa shape index (κ3) is 1.40. The summed E-state index contributed by atoms with van der Waals surface area (Å²) >= 11 is 0. The molecule has 0 aromatic heterocycles. The first-order valence-corrected chi connectivity index (χ1v) is 8.49. The highest BCUT2D eigenvalue weighted by atomic mass is 16.1. The van der Waals surface area contributed by atoms with Crippen molar-refractivity contribution in [3.8, 4) is 0 Å². The first-order valence-electron chi connectivity index (χ1n) is 8.49. The number of carbonyl (C=O) groups is 1. The summed E-state index contributed by atoms with van der Waals surface area (Å²) in [5, 5.41) is 0.